The minimum atomic E-state index is -4.42. The summed E-state index contributed by atoms with van der Waals surface area (Å²) >= 11 is 0. The van der Waals surface area contributed by atoms with E-state index in [4.69, 9.17) is 5.73 Å². The third-order valence-corrected chi connectivity index (χ3v) is 3.52. The second-order valence-electron chi connectivity index (χ2n) is 5.09. The molecule has 0 aliphatic carbocycles. The van der Waals surface area contributed by atoms with Crippen molar-refractivity contribution in [2.75, 3.05) is 12.3 Å². The van der Waals surface area contributed by atoms with Crippen molar-refractivity contribution in [2.45, 2.75) is 45.8 Å². The SMILES string of the molecule is CCC(CC)N(CC(F)(F)F)C(=O)c1ccc(C)c(N)c1. The summed E-state index contributed by atoms with van der Waals surface area (Å²) in [4.78, 5) is 13.3. The van der Waals surface area contributed by atoms with Gasteiger partial charge in [-0.25, -0.2) is 0 Å². The summed E-state index contributed by atoms with van der Waals surface area (Å²) < 4.78 is 38.2. The van der Waals surface area contributed by atoms with Gasteiger partial charge in [0.25, 0.3) is 5.91 Å². The molecule has 1 rings (SSSR count). The Bertz CT molecular complexity index is 496. The number of alkyl halides is 3. The Labute approximate surface area is 122 Å². The zero-order valence-electron chi connectivity index (χ0n) is 12.5. The number of rotatable bonds is 5. The van der Waals surface area contributed by atoms with Crippen LogP contribution in [0, 0.1) is 6.92 Å². The van der Waals surface area contributed by atoms with Gasteiger partial charge in [-0.2, -0.15) is 13.2 Å². The van der Waals surface area contributed by atoms with Crippen molar-refractivity contribution in [1.82, 2.24) is 4.90 Å². The normalized spacial score (nSPS) is 11.8. The van der Waals surface area contributed by atoms with Crippen LogP contribution in [-0.2, 0) is 0 Å². The minimum absolute atomic E-state index is 0.189. The zero-order valence-corrected chi connectivity index (χ0v) is 12.5. The highest BCUT2D eigenvalue weighted by molar-refractivity contribution is 5.95. The molecule has 6 heteroatoms. The molecule has 0 unspecified atom stereocenters. The molecular weight excluding hydrogens is 281 g/mol. The number of hydrogen-bond acceptors (Lipinski definition) is 2. The molecule has 0 aliphatic heterocycles. The van der Waals surface area contributed by atoms with Crippen molar-refractivity contribution in [3.8, 4) is 0 Å². The Morgan fingerprint density at radius 2 is 1.86 bits per heavy atom. The summed E-state index contributed by atoms with van der Waals surface area (Å²) in [6.45, 7) is 4.08. The Morgan fingerprint density at radius 1 is 1.29 bits per heavy atom. The van der Waals surface area contributed by atoms with E-state index >= 15 is 0 Å². The van der Waals surface area contributed by atoms with Crippen molar-refractivity contribution >= 4 is 11.6 Å². The molecule has 2 N–H and O–H groups in total. The van der Waals surface area contributed by atoms with E-state index in [0.717, 1.165) is 10.5 Å². The van der Waals surface area contributed by atoms with Gasteiger partial charge < -0.3 is 10.6 Å². The molecule has 1 aromatic rings. The highest BCUT2D eigenvalue weighted by Crippen LogP contribution is 2.23. The van der Waals surface area contributed by atoms with E-state index < -0.39 is 24.7 Å². The van der Waals surface area contributed by atoms with Gasteiger partial charge in [-0.15, -0.1) is 0 Å². The lowest BCUT2D eigenvalue weighted by Crippen LogP contribution is -2.45. The van der Waals surface area contributed by atoms with Crippen LogP contribution in [-0.4, -0.2) is 29.6 Å². The molecule has 118 valence electrons. The second-order valence-corrected chi connectivity index (χ2v) is 5.09. The third kappa shape index (κ3) is 4.65. The lowest BCUT2D eigenvalue weighted by Gasteiger charge is -2.31. The number of aryl methyl sites for hydroxylation is 1. The minimum Gasteiger partial charge on any atom is -0.398 e. The molecule has 1 amide bonds. The largest absolute Gasteiger partial charge is 0.406 e. The second kappa shape index (κ2) is 6.83. The Hall–Kier alpha value is -1.72. The van der Waals surface area contributed by atoms with Crippen LogP contribution >= 0.6 is 0 Å². The van der Waals surface area contributed by atoms with Gasteiger partial charge in [0, 0.05) is 17.3 Å². The lowest BCUT2D eigenvalue weighted by molar-refractivity contribution is -0.144. The molecule has 0 heterocycles. The fraction of sp³-hybridized carbons (Fsp3) is 0.533. The Morgan fingerprint density at radius 3 is 2.29 bits per heavy atom. The molecule has 0 radical (unpaired) electrons. The molecule has 0 aliphatic rings. The first kappa shape index (κ1) is 17.3. The van der Waals surface area contributed by atoms with Crippen LogP contribution < -0.4 is 5.73 Å². The summed E-state index contributed by atoms with van der Waals surface area (Å²) in [6.07, 6.45) is -3.48. The van der Waals surface area contributed by atoms with Gasteiger partial charge in [0.2, 0.25) is 0 Å². The predicted molar refractivity (Wildman–Crippen MR) is 77.1 cm³/mol. The number of nitrogen functional groups attached to an aromatic ring is 1. The van der Waals surface area contributed by atoms with Crippen molar-refractivity contribution in [3.05, 3.63) is 29.3 Å². The summed E-state index contributed by atoms with van der Waals surface area (Å²) in [5.41, 5.74) is 7.11. The summed E-state index contributed by atoms with van der Waals surface area (Å²) in [5, 5.41) is 0. The van der Waals surface area contributed by atoms with Crippen molar-refractivity contribution in [3.63, 3.8) is 0 Å². The highest BCUT2D eigenvalue weighted by atomic mass is 19.4. The average Bonchev–Trinajstić information content (AvgIpc) is 2.40. The summed E-state index contributed by atoms with van der Waals surface area (Å²) in [6, 6.07) is 4.14. The van der Waals surface area contributed by atoms with Gasteiger partial charge >= 0.3 is 6.18 Å². The maximum atomic E-state index is 12.7. The van der Waals surface area contributed by atoms with Crippen LogP contribution in [0.25, 0.3) is 0 Å². The van der Waals surface area contributed by atoms with Crippen molar-refractivity contribution in [2.24, 2.45) is 0 Å². The zero-order chi connectivity index (χ0) is 16.2. The van der Waals surface area contributed by atoms with E-state index in [1.54, 1.807) is 26.8 Å². The van der Waals surface area contributed by atoms with Crippen molar-refractivity contribution < 1.29 is 18.0 Å². The third-order valence-electron chi connectivity index (χ3n) is 3.52. The maximum Gasteiger partial charge on any atom is 0.406 e. The van der Waals surface area contributed by atoms with E-state index in [-0.39, 0.29) is 5.56 Å². The molecule has 0 atom stereocenters. The smallest absolute Gasteiger partial charge is 0.398 e. The predicted octanol–water partition coefficient (Wildman–Crippen LogP) is 3.77. The van der Waals surface area contributed by atoms with E-state index in [1.807, 2.05) is 0 Å². The first-order chi connectivity index (χ1) is 9.69. The first-order valence-corrected chi connectivity index (χ1v) is 6.93. The van der Waals surface area contributed by atoms with Gasteiger partial charge in [0.15, 0.2) is 0 Å². The fourth-order valence-electron chi connectivity index (χ4n) is 2.23. The number of anilines is 1. The topological polar surface area (TPSA) is 46.3 Å². The van der Waals surface area contributed by atoms with Gasteiger partial charge in [0.05, 0.1) is 0 Å². The number of nitrogens with two attached hydrogens (primary N) is 1. The van der Waals surface area contributed by atoms with Gasteiger partial charge in [-0.1, -0.05) is 19.9 Å². The lowest BCUT2D eigenvalue weighted by atomic mass is 10.1. The monoisotopic (exact) mass is 302 g/mol. The molecule has 0 saturated heterocycles. The molecule has 0 fully saturated rings. The number of benzene rings is 1. The van der Waals surface area contributed by atoms with Gasteiger partial charge in [0.1, 0.15) is 6.54 Å². The van der Waals surface area contributed by atoms with Crippen LogP contribution in [0.1, 0.15) is 42.6 Å². The molecule has 1 aromatic carbocycles. The number of nitrogens with zero attached hydrogens (tertiary/aromatic N) is 1. The molecule has 0 spiro atoms. The van der Waals surface area contributed by atoms with E-state index in [0.29, 0.717) is 18.5 Å². The van der Waals surface area contributed by atoms with Crippen LogP contribution in [0.15, 0.2) is 18.2 Å². The van der Waals surface area contributed by atoms with Crippen LogP contribution in [0.4, 0.5) is 18.9 Å². The molecule has 0 saturated carbocycles. The number of hydrogen-bond donors (Lipinski definition) is 1. The molecule has 21 heavy (non-hydrogen) atoms. The molecule has 3 nitrogen and oxygen atoms in total. The molecule has 0 bridgehead atoms. The number of carbonyl (C=O) groups is 1. The van der Waals surface area contributed by atoms with Gasteiger partial charge in [-0.3, -0.25) is 4.79 Å². The molecular formula is C15H21F3N2O. The molecule has 0 aromatic heterocycles. The number of carbonyl (C=O) groups excluding carboxylic acids is 1. The van der Waals surface area contributed by atoms with E-state index in [2.05, 4.69) is 0 Å². The average molecular weight is 302 g/mol. The summed E-state index contributed by atoms with van der Waals surface area (Å²) in [7, 11) is 0. The van der Waals surface area contributed by atoms with Crippen LogP contribution in [0.2, 0.25) is 0 Å². The van der Waals surface area contributed by atoms with E-state index in [9.17, 15) is 18.0 Å². The standard InChI is InChI=1S/C15H21F3N2O/c1-4-12(5-2)20(9-15(16,17)18)14(21)11-7-6-10(3)13(19)8-11/h6-8,12H,4-5,9,19H2,1-3H3. The Balaban J connectivity index is 3.11. The van der Waals surface area contributed by atoms with E-state index in [1.165, 1.54) is 12.1 Å². The maximum absolute atomic E-state index is 12.7. The first-order valence-electron chi connectivity index (χ1n) is 6.93. The summed E-state index contributed by atoms with van der Waals surface area (Å²) in [5.74, 6) is -0.632. The number of amides is 1. The quantitative estimate of drug-likeness (QED) is 0.842. The highest BCUT2D eigenvalue weighted by Gasteiger charge is 2.36. The Kier molecular flexibility index (Phi) is 5.63. The number of halogens is 3. The van der Waals surface area contributed by atoms with Gasteiger partial charge in [-0.05, 0) is 37.5 Å². The van der Waals surface area contributed by atoms with Crippen molar-refractivity contribution in [1.29, 1.82) is 0 Å². The fourth-order valence-corrected chi connectivity index (χ4v) is 2.23. The van der Waals surface area contributed by atoms with Crippen LogP contribution in [0.3, 0.4) is 0 Å². The van der Waals surface area contributed by atoms with Crippen LogP contribution in [0.5, 0.6) is 0 Å².